The zero-order valence-electron chi connectivity index (χ0n) is 10.3. The average molecular weight is 222 g/mol. The van der Waals surface area contributed by atoms with Crippen LogP contribution in [0, 0.1) is 17.8 Å². The molecule has 0 bridgehead atoms. The molecule has 2 saturated carbocycles. The topological polar surface area (TPSA) is 32.3 Å². The van der Waals surface area contributed by atoms with E-state index in [0.717, 1.165) is 31.5 Å². The van der Waals surface area contributed by atoms with E-state index in [0.29, 0.717) is 11.8 Å². The molecule has 1 N–H and O–H groups in total. The van der Waals surface area contributed by atoms with E-state index in [1.54, 1.807) is 0 Å². The lowest BCUT2D eigenvalue weighted by atomic mass is 9.97. The summed E-state index contributed by atoms with van der Waals surface area (Å²) in [5, 5.41) is 3.46. The monoisotopic (exact) mass is 222 g/mol. The van der Waals surface area contributed by atoms with E-state index in [2.05, 4.69) is 24.1 Å². The quantitative estimate of drug-likeness (QED) is 0.724. The predicted octanol–water partition coefficient (Wildman–Crippen LogP) is 1.24. The Bertz CT molecular complexity index is 303. The van der Waals surface area contributed by atoms with Gasteiger partial charge < -0.3 is 10.2 Å². The van der Waals surface area contributed by atoms with Crippen molar-refractivity contribution < 1.29 is 4.79 Å². The smallest absolute Gasteiger partial charge is 0.225 e. The Hall–Kier alpha value is -0.570. The van der Waals surface area contributed by atoms with Crippen LogP contribution in [0.4, 0.5) is 0 Å². The van der Waals surface area contributed by atoms with Gasteiger partial charge in [0, 0.05) is 31.1 Å². The van der Waals surface area contributed by atoms with E-state index in [-0.39, 0.29) is 5.54 Å². The molecule has 3 fully saturated rings. The number of rotatable bonds is 1. The first-order valence-electron chi connectivity index (χ1n) is 6.59. The second kappa shape index (κ2) is 3.46. The average Bonchev–Trinajstić information content (AvgIpc) is 2.83. The molecule has 1 aliphatic heterocycles. The third-order valence-electron chi connectivity index (χ3n) is 4.48. The van der Waals surface area contributed by atoms with Crippen molar-refractivity contribution >= 4 is 5.91 Å². The van der Waals surface area contributed by atoms with Gasteiger partial charge >= 0.3 is 0 Å². The lowest BCUT2D eigenvalue weighted by Crippen LogP contribution is -2.59. The van der Waals surface area contributed by atoms with Crippen LogP contribution in [0.15, 0.2) is 0 Å². The Morgan fingerprint density at radius 3 is 2.56 bits per heavy atom. The van der Waals surface area contributed by atoms with Gasteiger partial charge in [0.2, 0.25) is 5.91 Å². The minimum absolute atomic E-state index is 0.0927. The number of fused-ring (bicyclic) bond motifs is 1. The molecule has 90 valence electrons. The molecular weight excluding hydrogens is 200 g/mol. The first-order valence-corrected chi connectivity index (χ1v) is 6.59. The van der Waals surface area contributed by atoms with Crippen LogP contribution in [0.25, 0.3) is 0 Å². The number of hydrogen-bond donors (Lipinski definition) is 1. The van der Waals surface area contributed by atoms with E-state index in [4.69, 9.17) is 0 Å². The Balaban J connectivity index is 1.61. The van der Waals surface area contributed by atoms with Crippen LogP contribution in [0.5, 0.6) is 0 Å². The molecule has 3 rings (SSSR count). The van der Waals surface area contributed by atoms with Crippen molar-refractivity contribution in [3.05, 3.63) is 0 Å². The first kappa shape index (κ1) is 10.6. The summed E-state index contributed by atoms with van der Waals surface area (Å²) < 4.78 is 0. The highest BCUT2D eigenvalue weighted by molar-refractivity contribution is 5.79. The lowest BCUT2D eigenvalue weighted by molar-refractivity contribution is -0.137. The Labute approximate surface area is 97.6 Å². The molecule has 1 saturated heterocycles. The normalized spacial score (nSPS) is 40.6. The third kappa shape index (κ3) is 1.86. The fourth-order valence-corrected chi connectivity index (χ4v) is 3.50. The molecule has 0 spiro atoms. The van der Waals surface area contributed by atoms with Crippen molar-refractivity contribution in [2.24, 2.45) is 17.8 Å². The van der Waals surface area contributed by atoms with Gasteiger partial charge in [-0.1, -0.05) is 0 Å². The number of carbonyl (C=O) groups excluding carboxylic acids is 1. The van der Waals surface area contributed by atoms with Crippen molar-refractivity contribution in [2.75, 3.05) is 19.6 Å². The SMILES string of the molecule is CC1(C)CN(C(=O)C2CC3CC3C2)CCN1. The highest BCUT2D eigenvalue weighted by atomic mass is 16.2. The van der Waals surface area contributed by atoms with Crippen molar-refractivity contribution in [3.63, 3.8) is 0 Å². The molecule has 0 aromatic carbocycles. The van der Waals surface area contributed by atoms with Gasteiger partial charge in [0.25, 0.3) is 0 Å². The predicted molar refractivity (Wildman–Crippen MR) is 63.0 cm³/mol. The van der Waals surface area contributed by atoms with E-state index in [1.807, 2.05) is 0 Å². The van der Waals surface area contributed by atoms with Gasteiger partial charge in [-0.05, 0) is 44.9 Å². The molecule has 0 aromatic heterocycles. The van der Waals surface area contributed by atoms with E-state index in [1.165, 1.54) is 19.3 Å². The highest BCUT2D eigenvalue weighted by Crippen LogP contribution is 2.54. The lowest BCUT2D eigenvalue weighted by Gasteiger charge is -2.40. The van der Waals surface area contributed by atoms with E-state index in [9.17, 15) is 4.79 Å². The largest absolute Gasteiger partial charge is 0.339 e. The minimum atomic E-state index is 0.0927. The number of piperazine rings is 1. The standard InChI is InChI=1S/C13H22N2O/c1-13(2)8-15(4-3-14-13)12(16)11-6-9-5-10(9)7-11/h9-11,14H,3-8H2,1-2H3. The number of amides is 1. The molecule has 16 heavy (non-hydrogen) atoms. The maximum absolute atomic E-state index is 12.4. The summed E-state index contributed by atoms with van der Waals surface area (Å²) >= 11 is 0. The van der Waals surface area contributed by atoms with Gasteiger partial charge in [-0.3, -0.25) is 4.79 Å². The number of hydrogen-bond acceptors (Lipinski definition) is 2. The molecule has 3 nitrogen and oxygen atoms in total. The maximum atomic E-state index is 12.4. The molecule has 0 radical (unpaired) electrons. The Morgan fingerprint density at radius 2 is 1.94 bits per heavy atom. The van der Waals surface area contributed by atoms with E-state index >= 15 is 0 Å². The number of nitrogens with one attached hydrogen (secondary N) is 1. The zero-order chi connectivity index (χ0) is 11.3. The molecule has 1 amide bonds. The van der Waals surface area contributed by atoms with Gasteiger partial charge in [-0.15, -0.1) is 0 Å². The molecule has 3 aliphatic rings. The summed E-state index contributed by atoms with van der Waals surface area (Å²) in [6.45, 7) is 7.07. The molecule has 2 atom stereocenters. The van der Waals surface area contributed by atoms with Crippen molar-refractivity contribution in [1.82, 2.24) is 10.2 Å². The summed E-state index contributed by atoms with van der Waals surface area (Å²) in [6.07, 6.45) is 3.75. The fourth-order valence-electron chi connectivity index (χ4n) is 3.50. The van der Waals surface area contributed by atoms with Crippen molar-refractivity contribution in [1.29, 1.82) is 0 Å². The van der Waals surface area contributed by atoms with Crippen LogP contribution in [-0.4, -0.2) is 36.0 Å². The molecule has 3 heteroatoms. The summed E-state index contributed by atoms with van der Waals surface area (Å²) in [4.78, 5) is 14.4. The van der Waals surface area contributed by atoms with Crippen LogP contribution >= 0.6 is 0 Å². The summed E-state index contributed by atoms with van der Waals surface area (Å²) in [7, 11) is 0. The van der Waals surface area contributed by atoms with Crippen molar-refractivity contribution in [2.45, 2.75) is 38.6 Å². The minimum Gasteiger partial charge on any atom is -0.339 e. The molecule has 0 aromatic rings. The summed E-state index contributed by atoms with van der Waals surface area (Å²) in [6, 6.07) is 0. The molecule has 1 heterocycles. The first-order chi connectivity index (χ1) is 7.55. The molecular formula is C13H22N2O. The van der Waals surface area contributed by atoms with Crippen LogP contribution in [0.1, 0.15) is 33.1 Å². The van der Waals surface area contributed by atoms with Crippen LogP contribution < -0.4 is 5.32 Å². The van der Waals surface area contributed by atoms with Crippen LogP contribution in [0.3, 0.4) is 0 Å². The van der Waals surface area contributed by atoms with Gasteiger partial charge in [0.05, 0.1) is 0 Å². The highest BCUT2D eigenvalue weighted by Gasteiger charge is 2.49. The number of carbonyl (C=O) groups is 1. The summed E-state index contributed by atoms with van der Waals surface area (Å²) in [5.41, 5.74) is 0.0927. The third-order valence-corrected chi connectivity index (χ3v) is 4.48. The van der Waals surface area contributed by atoms with Gasteiger partial charge in [0.15, 0.2) is 0 Å². The zero-order valence-corrected chi connectivity index (χ0v) is 10.3. The molecule has 2 aliphatic carbocycles. The second-order valence-electron chi connectivity index (χ2n) is 6.49. The Morgan fingerprint density at radius 1 is 1.25 bits per heavy atom. The number of nitrogens with zero attached hydrogens (tertiary/aromatic N) is 1. The van der Waals surface area contributed by atoms with Crippen LogP contribution in [-0.2, 0) is 4.79 Å². The molecule has 2 unspecified atom stereocenters. The van der Waals surface area contributed by atoms with Gasteiger partial charge in [-0.25, -0.2) is 0 Å². The van der Waals surface area contributed by atoms with Gasteiger partial charge in [0.1, 0.15) is 0 Å². The van der Waals surface area contributed by atoms with Crippen LogP contribution in [0.2, 0.25) is 0 Å². The van der Waals surface area contributed by atoms with Crippen molar-refractivity contribution in [3.8, 4) is 0 Å². The van der Waals surface area contributed by atoms with E-state index < -0.39 is 0 Å². The Kier molecular flexibility index (Phi) is 2.29. The van der Waals surface area contributed by atoms with Gasteiger partial charge in [-0.2, -0.15) is 0 Å². The maximum Gasteiger partial charge on any atom is 0.225 e. The summed E-state index contributed by atoms with van der Waals surface area (Å²) in [5.74, 6) is 2.61. The fraction of sp³-hybridized carbons (Fsp3) is 0.923. The second-order valence-corrected chi connectivity index (χ2v) is 6.49.